The van der Waals surface area contributed by atoms with Crippen LogP contribution < -0.4 is 11.1 Å². The van der Waals surface area contributed by atoms with Crippen LogP contribution in [0.25, 0.3) is 38.8 Å². The molecule has 0 unspecified atom stereocenters. The van der Waals surface area contributed by atoms with Crippen molar-refractivity contribution in [2.24, 2.45) is 5.73 Å². The summed E-state index contributed by atoms with van der Waals surface area (Å²) >= 11 is 0. The van der Waals surface area contributed by atoms with E-state index >= 15 is 0 Å². The standard InChI is InChI=1S/C28H25FN6O3/c1-15-33-25-18(26(30)36)12-17(16-8-10-32-23(14-16)34-27(37)38-28(2,3)4)13-22(25)35(15)21-9-11-31-20-7-5-6-19(29)24(20)21/h5-14H,1-4H3,(H2,30,36)(H,32,34,37). The van der Waals surface area contributed by atoms with Gasteiger partial charge in [-0.1, -0.05) is 6.07 Å². The predicted molar refractivity (Wildman–Crippen MR) is 143 cm³/mol. The molecule has 0 atom stereocenters. The summed E-state index contributed by atoms with van der Waals surface area (Å²) in [5, 5.41) is 2.95. The number of anilines is 1. The van der Waals surface area contributed by atoms with Crippen LogP contribution >= 0.6 is 0 Å². The van der Waals surface area contributed by atoms with Crippen LogP contribution in [0.15, 0.2) is 60.9 Å². The number of amides is 2. The van der Waals surface area contributed by atoms with E-state index < -0.39 is 23.4 Å². The molecule has 0 aliphatic rings. The molecular formula is C28H25FN6O3. The van der Waals surface area contributed by atoms with Crippen molar-refractivity contribution in [2.75, 3.05) is 5.32 Å². The molecule has 0 aliphatic heterocycles. The van der Waals surface area contributed by atoms with Gasteiger partial charge >= 0.3 is 6.09 Å². The first kappa shape index (κ1) is 24.8. The largest absolute Gasteiger partial charge is 0.444 e. The second kappa shape index (κ2) is 9.22. The summed E-state index contributed by atoms with van der Waals surface area (Å²) in [4.78, 5) is 37.8. The third kappa shape index (κ3) is 4.63. The highest BCUT2D eigenvalue weighted by atomic mass is 19.1. The molecule has 38 heavy (non-hydrogen) atoms. The molecule has 3 aromatic heterocycles. The number of nitrogens with two attached hydrogens (primary N) is 1. The molecule has 2 amide bonds. The molecular weight excluding hydrogens is 487 g/mol. The zero-order valence-electron chi connectivity index (χ0n) is 21.2. The lowest BCUT2D eigenvalue weighted by atomic mass is 10.0. The summed E-state index contributed by atoms with van der Waals surface area (Å²) in [6.07, 6.45) is 2.49. The zero-order chi connectivity index (χ0) is 27.2. The average molecular weight is 513 g/mol. The minimum Gasteiger partial charge on any atom is -0.444 e. The molecule has 0 saturated heterocycles. The number of hydrogen-bond acceptors (Lipinski definition) is 6. The summed E-state index contributed by atoms with van der Waals surface area (Å²) in [5.41, 5.74) is 8.54. The molecule has 2 aromatic carbocycles. The SMILES string of the molecule is Cc1nc2c(C(N)=O)cc(-c3ccnc(NC(=O)OC(C)(C)C)c3)cc2n1-c1ccnc2cccc(F)c12. The van der Waals surface area contributed by atoms with Crippen molar-refractivity contribution in [2.45, 2.75) is 33.3 Å². The van der Waals surface area contributed by atoms with Gasteiger partial charge in [0.05, 0.1) is 27.7 Å². The van der Waals surface area contributed by atoms with Gasteiger partial charge in [0.15, 0.2) is 0 Å². The van der Waals surface area contributed by atoms with E-state index in [0.29, 0.717) is 44.6 Å². The minimum atomic E-state index is -0.671. The van der Waals surface area contributed by atoms with Crippen molar-refractivity contribution in [1.82, 2.24) is 19.5 Å². The zero-order valence-corrected chi connectivity index (χ0v) is 21.2. The van der Waals surface area contributed by atoms with E-state index in [1.165, 1.54) is 12.3 Å². The van der Waals surface area contributed by atoms with Crippen molar-refractivity contribution in [3.63, 3.8) is 0 Å². The quantitative estimate of drug-likeness (QED) is 0.326. The third-order valence-corrected chi connectivity index (χ3v) is 5.85. The van der Waals surface area contributed by atoms with Crippen molar-refractivity contribution < 1.29 is 18.7 Å². The van der Waals surface area contributed by atoms with Crippen molar-refractivity contribution in [3.8, 4) is 16.8 Å². The lowest BCUT2D eigenvalue weighted by molar-refractivity contribution is 0.0635. The number of ether oxygens (including phenoxy) is 1. The smallest absolute Gasteiger partial charge is 0.413 e. The number of nitrogens with one attached hydrogen (secondary N) is 1. The molecule has 0 spiro atoms. The number of rotatable bonds is 4. The molecule has 5 aromatic rings. The van der Waals surface area contributed by atoms with Crippen LogP contribution in [0.5, 0.6) is 0 Å². The Bertz CT molecular complexity index is 1730. The highest BCUT2D eigenvalue weighted by Crippen LogP contribution is 2.33. The number of hydrogen-bond donors (Lipinski definition) is 2. The van der Waals surface area contributed by atoms with Gasteiger partial charge in [-0.25, -0.2) is 19.2 Å². The normalized spacial score (nSPS) is 11.6. The predicted octanol–water partition coefficient (Wildman–Crippen LogP) is 5.53. The summed E-state index contributed by atoms with van der Waals surface area (Å²) < 4.78 is 22.1. The molecule has 0 radical (unpaired) electrons. The number of primary amides is 1. The number of imidazole rings is 1. The Kier molecular flexibility index (Phi) is 6.02. The average Bonchev–Trinajstić information content (AvgIpc) is 3.17. The van der Waals surface area contributed by atoms with Gasteiger partial charge in [-0.15, -0.1) is 0 Å². The number of aryl methyl sites for hydroxylation is 1. The maximum atomic E-state index is 15.0. The van der Waals surface area contributed by atoms with Crippen LogP contribution in [0, 0.1) is 12.7 Å². The lowest BCUT2D eigenvalue weighted by Gasteiger charge is -2.19. The fourth-order valence-electron chi connectivity index (χ4n) is 4.37. The van der Waals surface area contributed by atoms with Gasteiger partial charge in [-0.3, -0.25) is 19.7 Å². The van der Waals surface area contributed by atoms with Crippen LogP contribution in [0.2, 0.25) is 0 Å². The number of halogens is 1. The maximum Gasteiger partial charge on any atom is 0.413 e. The van der Waals surface area contributed by atoms with Crippen molar-refractivity contribution >= 4 is 39.8 Å². The van der Waals surface area contributed by atoms with Gasteiger partial charge in [0.25, 0.3) is 5.91 Å². The number of fused-ring (bicyclic) bond motifs is 2. The fraction of sp³-hybridized carbons (Fsp3) is 0.179. The number of nitrogens with zero attached hydrogens (tertiary/aromatic N) is 4. The first-order valence-electron chi connectivity index (χ1n) is 11.8. The minimum absolute atomic E-state index is 0.205. The van der Waals surface area contributed by atoms with Crippen molar-refractivity contribution in [3.05, 3.63) is 78.1 Å². The van der Waals surface area contributed by atoms with Crippen LogP contribution in [0.1, 0.15) is 37.0 Å². The Morgan fingerprint density at radius 1 is 1.03 bits per heavy atom. The maximum absolute atomic E-state index is 15.0. The van der Waals surface area contributed by atoms with E-state index in [1.54, 1.807) is 74.9 Å². The number of carbonyl (C=O) groups is 2. The summed E-state index contributed by atoms with van der Waals surface area (Å²) in [7, 11) is 0. The monoisotopic (exact) mass is 512 g/mol. The van der Waals surface area contributed by atoms with E-state index in [4.69, 9.17) is 10.5 Å². The van der Waals surface area contributed by atoms with Crippen LogP contribution in [0.4, 0.5) is 15.0 Å². The Morgan fingerprint density at radius 2 is 1.79 bits per heavy atom. The van der Waals surface area contributed by atoms with E-state index in [9.17, 15) is 14.0 Å². The molecule has 3 N–H and O–H groups in total. The van der Waals surface area contributed by atoms with E-state index in [1.807, 2.05) is 6.07 Å². The van der Waals surface area contributed by atoms with Crippen LogP contribution in [0.3, 0.4) is 0 Å². The topological polar surface area (TPSA) is 125 Å². The molecule has 9 nitrogen and oxygen atoms in total. The number of pyridine rings is 2. The summed E-state index contributed by atoms with van der Waals surface area (Å²) in [6.45, 7) is 7.06. The summed E-state index contributed by atoms with van der Waals surface area (Å²) in [6, 6.07) is 13.3. The Morgan fingerprint density at radius 3 is 2.53 bits per heavy atom. The molecule has 0 fully saturated rings. The molecule has 0 saturated carbocycles. The number of carbonyl (C=O) groups excluding carboxylic acids is 2. The van der Waals surface area contributed by atoms with Crippen LogP contribution in [-0.4, -0.2) is 37.1 Å². The van der Waals surface area contributed by atoms with E-state index in [0.717, 1.165) is 0 Å². The Hall–Kier alpha value is -4.86. The molecule has 0 bridgehead atoms. The van der Waals surface area contributed by atoms with Gasteiger partial charge in [0, 0.05) is 12.4 Å². The number of benzene rings is 2. The van der Waals surface area contributed by atoms with Crippen molar-refractivity contribution in [1.29, 1.82) is 0 Å². The molecule has 192 valence electrons. The highest BCUT2D eigenvalue weighted by Gasteiger charge is 2.21. The first-order chi connectivity index (χ1) is 18.0. The summed E-state index contributed by atoms with van der Waals surface area (Å²) in [5.74, 6) is -0.277. The van der Waals surface area contributed by atoms with Crippen LogP contribution in [-0.2, 0) is 4.74 Å². The molecule has 5 rings (SSSR count). The molecule has 0 aliphatic carbocycles. The van der Waals surface area contributed by atoms with E-state index in [2.05, 4.69) is 20.3 Å². The highest BCUT2D eigenvalue weighted by molar-refractivity contribution is 6.07. The van der Waals surface area contributed by atoms with Gasteiger partial charge < -0.3 is 10.5 Å². The van der Waals surface area contributed by atoms with E-state index in [-0.39, 0.29) is 11.4 Å². The fourth-order valence-corrected chi connectivity index (χ4v) is 4.37. The number of aromatic nitrogens is 4. The molecule has 3 heterocycles. The van der Waals surface area contributed by atoms with Gasteiger partial charge in [-0.05, 0) is 81.3 Å². The second-order valence-electron chi connectivity index (χ2n) is 9.77. The first-order valence-corrected chi connectivity index (χ1v) is 11.8. The van der Waals surface area contributed by atoms with Gasteiger partial charge in [0.1, 0.15) is 28.6 Å². The lowest BCUT2D eigenvalue weighted by Crippen LogP contribution is -2.27. The van der Waals surface area contributed by atoms with Gasteiger partial charge in [0.2, 0.25) is 0 Å². The Labute approximate surface area is 217 Å². The Balaban J connectivity index is 1.69. The van der Waals surface area contributed by atoms with Gasteiger partial charge in [-0.2, -0.15) is 0 Å². The third-order valence-electron chi connectivity index (χ3n) is 5.85. The second-order valence-corrected chi connectivity index (χ2v) is 9.77. The molecule has 10 heteroatoms.